The van der Waals surface area contributed by atoms with Crippen molar-refractivity contribution in [1.29, 1.82) is 0 Å². The van der Waals surface area contributed by atoms with E-state index in [1.54, 1.807) is 30.6 Å². The molecule has 0 unspecified atom stereocenters. The molecule has 4 saturated heterocycles. The van der Waals surface area contributed by atoms with Crippen LogP contribution in [0.15, 0.2) is 134 Å². The van der Waals surface area contributed by atoms with Crippen molar-refractivity contribution >= 4 is 72.1 Å². The number of hydrogen-bond donors (Lipinski definition) is 1. The van der Waals surface area contributed by atoms with Crippen LogP contribution in [0.5, 0.6) is 0 Å². The molecule has 4 fully saturated rings. The van der Waals surface area contributed by atoms with Gasteiger partial charge in [0.1, 0.15) is 17.4 Å². The van der Waals surface area contributed by atoms with E-state index in [0.29, 0.717) is 24.7 Å². The SMILES string of the molecule is Fc1cc(N2CCN(C3CCN(c4cccc5cccnc45)CC3)CC2)c2ncccc2c1.Fc1cc(N2CCNCC2)c2ncccc2c1.O=C1CCN(c2cccc3cccnc23)CC1. The Morgan fingerprint density at radius 1 is 0.433 bits per heavy atom. The average Bonchev–Trinajstić information content (AvgIpc) is 3.39. The van der Waals surface area contributed by atoms with E-state index in [1.807, 2.05) is 48.8 Å². The smallest absolute Gasteiger partial charge is 0.136 e. The van der Waals surface area contributed by atoms with Gasteiger partial charge in [0.2, 0.25) is 0 Å². The molecule has 1 N–H and O–H groups in total. The molecule has 4 aromatic heterocycles. The Labute approximate surface area is 390 Å². The number of benzene rings is 4. The van der Waals surface area contributed by atoms with Crippen LogP contribution in [0.2, 0.25) is 0 Å². The fourth-order valence-electron chi connectivity index (χ4n) is 10.1. The van der Waals surface area contributed by atoms with Crippen molar-refractivity contribution in [2.45, 2.75) is 31.7 Å². The van der Waals surface area contributed by atoms with Gasteiger partial charge in [-0.2, -0.15) is 0 Å². The normalized spacial score (nSPS) is 17.4. The number of aromatic nitrogens is 4. The van der Waals surface area contributed by atoms with Crippen molar-refractivity contribution in [1.82, 2.24) is 30.2 Å². The molecular weight excluding hydrogens is 843 g/mol. The van der Waals surface area contributed by atoms with Gasteiger partial charge < -0.3 is 24.9 Å². The second-order valence-electron chi connectivity index (χ2n) is 17.7. The molecule has 0 bridgehead atoms. The summed E-state index contributed by atoms with van der Waals surface area (Å²) in [5.41, 5.74) is 8.13. The van der Waals surface area contributed by atoms with Crippen molar-refractivity contribution in [2.75, 3.05) is 98.1 Å². The zero-order valence-corrected chi connectivity index (χ0v) is 37.8. The molecule has 4 aliphatic rings. The Kier molecular flexibility index (Phi) is 13.4. The van der Waals surface area contributed by atoms with E-state index in [-0.39, 0.29) is 11.6 Å². The number of rotatable bonds is 5. The Morgan fingerprint density at radius 3 is 1.33 bits per heavy atom. The van der Waals surface area contributed by atoms with Gasteiger partial charge >= 0.3 is 0 Å². The van der Waals surface area contributed by atoms with Crippen LogP contribution in [-0.2, 0) is 4.79 Å². The van der Waals surface area contributed by atoms with Gasteiger partial charge in [0.15, 0.2) is 0 Å². The summed E-state index contributed by atoms with van der Waals surface area (Å²) in [7, 11) is 0. The predicted molar refractivity (Wildman–Crippen MR) is 267 cm³/mol. The Balaban J connectivity index is 0.000000130. The van der Waals surface area contributed by atoms with E-state index in [4.69, 9.17) is 0 Å². The summed E-state index contributed by atoms with van der Waals surface area (Å²) in [6.07, 6.45) is 10.9. The number of Topliss-reactive ketones (excluding diaryl/α,β-unsaturated/α-hetero) is 1. The molecule has 11 nitrogen and oxygen atoms in total. The summed E-state index contributed by atoms with van der Waals surface area (Å²) in [5, 5.41) is 7.38. The Hall–Kier alpha value is -6.83. The van der Waals surface area contributed by atoms with Gasteiger partial charge in [-0.25, -0.2) is 8.78 Å². The summed E-state index contributed by atoms with van der Waals surface area (Å²) in [6, 6.07) is 35.3. The topological polar surface area (TPSA) is 96.9 Å². The van der Waals surface area contributed by atoms with Crippen molar-refractivity contribution < 1.29 is 13.6 Å². The first-order valence-corrected chi connectivity index (χ1v) is 23.7. The molecular formula is C54H56F2N10O. The lowest BCUT2D eigenvalue weighted by Crippen LogP contribution is -2.53. The van der Waals surface area contributed by atoms with E-state index in [0.717, 1.165) is 147 Å². The fraction of sp³-hybridized carbons (Fsp3) is 0.315. The second kappa shape index (κ2) is 20.4. The lowest BCUT2D eigenvalue weighted by Gasteiger charge is -2.44. The molecule has 0 spiro atoms. The fourth-order valence-corrected chi connectivity index (χ4v) is 10.1. The first-order valence-electron chi connectivity index (χ1n) is 23.7. The molecule has 4 aliphatic heterocycles. The molecule has 13 heteroatoms. The lowest BCUT2D eigenvalue weighted by molar-refractivity contribution is -0.119. The van der Waals surface area contributed by atoms with Crippen molar-refractivity contribution in [2.24, 2.45) is 0 Å². The van der Waals surface area contributed by atoms with Crippen LogP contribution in [0, 0.1) is 11.6 Å². The van der Waals surface area contributed by atoms with Gasteiger partial charge in [-0.05, 0) is 73.5 Å². The summed E-state index contributed by atoms with van der Waals surface area (Å²) in [4.78, 5) is 41.1. The van der Waals surface area contributed by atoms with Gasteiger partial charge in [0.25, 0.3) is 0 Å². The number of halogens is 2. The van der Waals surface area contributed by atoms with E-state index in [2.05, 4.69) is 98.3 Å². The number of anilines is 4. The van der Waals surface area contributed by atoms with Crippen LogP contribution >= 0.6 is 0 Å². The molecule has 4 aromatic carbocycles. The van der Waals surface area contributed by atoms with E-state index < -0.39 is 0 Å². The highest BCUT2D eigenvalue weighted by Gasteiger charge is 2.29. The number of piperazine rings is 2. The first-order chi connectivity index (χ1) is 32.9. The molecule has 0 atom stereocenters. The average molecular weight is 899 g/mol. The lowest BCUT2D eigenvalue weighted by atomic mass is 10.0. The van der Waals surface area contributed by atoms with Crippen molar-refractivity contribution in [3.63, 3.8) is 0 Å². The largest absolute Gasteiger partial charge is 0.370 e. The number of ketones is 1. The molecule has 0 saturated carbocycles. The van der Waals surface area contributed by atoms with E-state index in [9.17, 15) is 13.6 Å². The second-order valence-corrected chi connectivity index (χ2v) is 17.7. The summed E-state index contributed by atoms with van der Waals surface area (Å²) in [5.74, 6) is -0.0169. The van der Waals surface area contributed by atoms with Crippen LogP contribution in [-0.4, -0.2) is 115 Å². The van der Waals surface area contributed by atoms with Crippen molar-refractivity contribution in [3.05, 3.63) is 146 Å². The van der Waals surface area contributed by atoms with E-state index in [1.165, 1.54) is 17.1 Å². The van der Waals surface area contributed by atoms with E-state index >= 15 is 0 Å². The third kappa shape index (κ3) is 9.98. The standard InChI is InChI=1S/C27H28FN5.C14H14N2O.C13H14FN3/c28-22-18-21-6-3-11-30-27(21)25(19-22)33-16-14-31(15-17-33)23-8-12-32(13-9-23)24-7-1-4-20-5-2-10-29-26(20)24;17-12-6-9-16(10-7-12)13-5-1-3-11-4-2-8-15-14(11)13;14-11-8-10-2-1-3-16-13(10)12(9-11)17-6-4-15-5-7-17/h1-7,10-11,18-19,23H,8-9,12-17H2;1-5,8H,6-7,9-10H2;1-3,8-9,15H,4-7H2. The zero-order chi connectivity index (χ0) is 45.5. The minimum Gasteiger partial charge on any atom is -0.370 e. The summed E-state index contributed by atoms with van der Waals surface area (Å²) in [6.45, 7) is 11.2. The predicted octanol–water partition coefficient (Wildman–Crippen LogP) is 8.90. The van der Waals surface area contributed by atoms with Gasteiger partial charge in [-0.15, -0.1) is 0 Å². The van der Waals surface area contributed by atoms with Gasteiger partial charge in [0.05, 0.1) is 44.8 Å². The monoisotopic (exact) mass is 898 g/mol. The molecule has 0 aliphatic carbocycles. The number of para-hydroxylation sites is 2. The number of fused-ring (bicyclic) bond motifs is 4. The summed E-state index contributed by atoms with van der Waals surface area (Å²) >= 11 is 0. The maximum atomic E-state index is 14.2. The number of carbonyl (C=O) groups is 1. The van der Waals surface area contributed by atoms with Crippen LogP contribution in [0.3, 0.4) is 0 Å². The molecule has 8 heterocycles. The first kappa shape index (κ1) is 44.0. The summed E-state index contributed by atoms with van der Waals surface area (Å²) < 4.78 is 27.8. The van der Waals surface area contributed by atoms with Crippen LogP contribution < -0.4 is 24.9 Å². The minimum absolute atomic E-state index is 0.191. The number of hydrogen-bond acceptors (Lipinski definition) is 11. The molecule has 0 radical (unpaired) electrons. The highest BCUT2D eigenvalue weighted by Crippen LogP contribution is 2.32. The number of nitrogens with one attached hydrogen (secondary N) is 1. The Bertz CT molecular complexity index is 2960. The maximum Gasteiger partial charge on any atom is 0.136 e. The Morgan fingerprint density at radius 2 is 0.836 bits per heavy atom. The number of carbonyl (C=O) groups excluding carboxylic acids is 1. The minimum atomic E-state index is -0.195. The van der Waals surface area contributed by atoms with Crippen molar-refractivity contribution in [3.8, 4) is 0 Å². The highest BCUT2D eigenvalue weighted by molar-refractivity contribution is 5.94. The molecule has 342 valence electrons. The van der Waals surface area contributed by atoms with Gasteiger partial charge in [-0.3, -0.25) is 29.6 Å². The number of piperidine rings is 2. The van der Waals surface area contributed by atoms with Crippen LogP contribution in [0.1, 0.15) is 25.7 Å². The number of pyridine rings is 4. The zero-order valence-electron chi connectivity index (χ0n) is 37.8. The number of nitrogens with zero attached hydrogens (tertiary/aromatic N) is 9. The maximum absolute atomic E-state index is 14.2. The highest BCUT2D eigenvalue weighted by atomic mass is 19.1. The quantitative estimate of drug-likeness (QED) is 0.180. The third-order valence-electron chi connectivity index (χ3n) is 13.6. The van der Waals surface area contributed by atoms with Crippen LogP contribution in [0.4, 0.5) is 31.5 Å². The molecule has 12 rings (SSSR count). The molecule has 67 heavy (non-hydrogen) atoms. The molecule has 8 aromatic rings. The molecule has 0 amide bonds. The van der Waals surface area contributed by atoms with Gasteiger partial charge in [-0.1, -0.05) is 48.5 Å². The third-order valence-corrected chi connectivity index (χ3v) is 13.6. The van der Waals surface area contributed by atoms with Crippen LogP contribution in [0.25, 0.3) is 43.6 Å². The van der Waals surface area contributed by atoms with Gasteiger partial charge in [0, 0.05) is 144 Å².